The van der Waals surface area contributed by atoms with Crippen LogP contribution in [0.25, 0.3) is 0 Å². The summed E-state index contributed by atoms with van der Waals surface area (Å²) in [5.41, 5.74) is 2.50. The number of ketones is 1. The van der Waals surface area contributed by atoms with Crippen molar-refractivity contribution in [1.82, 2.24) is 9.97 Å². The molecule has 4 atom stereocenters. The highest BCUT2D eigenvalue weighted by atomic mass is 35.5. The van der Waals surface area contributed by atoms with Gasteiger partial charge in [-0.15, -0.1) is 11.3 Å². The molecule has 0 amide bonds. The first-order chi connectivity index (χ1) is 21.9. The molecule has 2 N–H and O–H groups in total. The summed E-state index contributed by atoms with van der Waals surface area (Å²) in [5.74, 6) is 7.48. The molecule has 0 aliphatic heterocycles. The minimum absolute atomic E-state index is 0.000613. The quantitative estimate of drug-likeness (QED) is 0.121. The molecule has 7 nitrogen and oxygen atoms in total. The van der Waals surface area contributed by atoms with Crippen LogP contribution in [0.3, 0.4) is 0 Å². The third-order valence-electron chi connectivity index (χ3n) is 10.7. The number of halogens is 1. The summed E-state index contributed by atoms with van der Waals surface area (Å²) in [6.45, 7) is 24.8. The van der Waals surface area contributed by atoms with E-state index in [2.05, 4.69) is 103 Å². The van der Waals surface area contributed by atoms with Crippen molar-refractivity contribution < 1.29 is 18.8 Å². The van der Waals surface area contributed by atoms with Gasteiger partial charge in [0.15, 0.2) is 8.32 Å². The number of hydrogen-bond donors (Lipinski definition) is 2. The summed E-state index contributed by atoms with van der Waals surface area (Å²) < 4.78 is 14.4. The Bertz CT molecular complexity index is 1440. The first-order valence-corrected chi connectivity index (χ1v) is 23.5. The van der Waals surface area contributed by atoms with Gasteiger partial charge in [0.1, 0.15) is 22.6 Å². The number of nitrogens with zero attached hydrogens (tertiary/aromatic N) is 2. The second-order valence-corrected chi connectivity index (χ2v) is 27.8. The van der Waals surface area contributed by atoms with Crippen molar-refractivity contribution in [2.75, 3.05) is 11.9 Å². The number of aliphatic hydroxyl groups is 1. The minimum atomic E-state index is -2.18. The van der Waals surface area contributed by atoms with Crippen molar-refractivity contribution >= 4 is 51.2 Å². The molecule has 2 fully saturated rings. The highest BCUT2D eigenvalue weighted by Gasteiger charge is 2.49. The molecule has 260 valence electrons. The molecular formula is C36H56ClN3O4SSi2. The Kier molecular flexibility index (Phi) is 12.3. The van der Waals surface area contributed by atoms with Gasteiger partial charge >= 0.3 is 0 Å². The van der Waals surface area contributed by atoms with Gasteiger partial charge in [0.2, 0.25) is 14.1 Å². The van der Waals surface area contributed by atoms with Gasteiger partial charge in [0.05, 0.1) is 16.5 Å². The summed E-state index contributed by atoms with van der Waals surface area (Å²) >= 11 is 8.09. The van der Waals surface area contributed by atoms with Gasteiger partial charge in [-0.1, -0.05) is 85.8 Å². The number of thiophene rings is 1. The average molecular weight is 719 g/mol. The Morgan fingerprint density at radius 3 is 2.32 bits per heavy atom. The van der Waals surface area contributed by atoms with Gasteiger partial charge < -0.3 is 19.3 Å². The predicted octanol–water partition coefficient (Wildman–Crippen LogP) is 9.64. The molecule has 4 rings (SSSR count). The lowest BCUT2D eigenvalue weighted by atomic mass is 10.1. The second-order valence-electron chi connectivity index (χ2n) is 16.0. The van der Waals surface area contributed by atoms with E-state index in [1.807, 2.05) is 6.07 Å². The molecule has 2 aliphatic rings. The molecular weight excluding hydrogens is 662 g/mol. The number of carbonyl (C=O) groups is 1. The number of rotatable bonds is 13. The highest BCUT2D eigenvalue weighted by Crippen LogP contribution is 2.46. The molecule has 2 aromatic rings. The molecule has 0 bridgehead atoms. The number of anilines is 1. The number of aliphatic hydroxyl groups excluding tert-OH is 1. The topological polar surface area (TPSA) is 93.6 Å². The first-order valence-electron chi connectivity index (χ1n) is 17.3. The van der Waals surface area contributed by atoms with Crippen LogP contribution in [-0.2, 0) is 8.85 Å². The zero-order valence-electron chi connectivity index (χ0n) is 30.2. The maximum atomic E-state index is 14.1. The largest absolute Gasteiger partial charge is 0.413 e. The van der Waals surface area contributed by atoms with Gasteiger partial charge in [-0.3, -0.25) is 4.79 Å². The lowest BCUT2D eigenvalue weighted by Gasteiger charge is -2.45. The van der Waals surface area contributed by atoms with Gasteiger partial charge in [-0.25, -0.2) is 9.97 Å². The Balaban J connectivity index is 1.57. The fourth-order valence-electron chi connectivity index (χ4n) is 6.88. The van der Waals surface area contributed by atoms with E-state index in [0.29, 0.717) is 43.1 Å². The minimum Gasteiger partial charge on any atom is -0.413 e. The summed E-state index contributed by atoms with van der Waals surface area (Å²) in [4.78, 5) is 23.3. The normalized spacial score (nSPS) is 21.3. The molecule has 47 heavy (non-hydrogen) atoms. The molecule has 0 unspecified atom stereocenters. The molecule has 2 heterocycles. The van der Waals surface area contributed by atoms with E-state index in [1.165, 1.54) is 17.7 Å². The SMILES string of the molecule is CC(C)[Si](O[C@H]1C[C@H](Nc2ncncc2C(=O)c2cc([C@@H](C#CC3CC3)O[Si](C)(C)C(C)(C)C)c(Cl)s2)C[C@@H]1CO)(C(C)C)C(C)C. The van der Waals surface area contributed by atoms with Crippen molar-refractivity contribution in [2.24, 2.45) is 11.8 Å². The van der Waals surface area contributed by atoms with Crippen LogP contribution in [0.1, 0.15) is 115 Å². The van der Waals surface area contributed by atoms with E-state index in [-0.39, 0.29) is 35.5 Å². The number of hydrogen-bond acceptors (Lipinski definition) is 8. The third kappa shape index (κ3) is 8.60. The van der Waals surface area contributed by atoms with Gasteiger partial charge in [-0.05, 0) is 66.5 Å². The maximum absolute atomic E-state index is 14.1. The molecule has 11 heteroatoms. The molecule has 2 saturated carbocycles. The van der Waals surface area contributed by atoms with E-state index in [1.54, 1.807) is 6.20 Å². The zero-order valence-corrected chi connectivity index (χ0v) is 33.8. The average Bonchev–Trinajstić information content (AvgIpc) is 3.61. The van der Waals surface area contributed by atoms with Crippen molar-refractivity contribution in [3.8, 4) is 11.8 Å². The maximum Gasteiger partial charge on any atom is 0.208 e. The Morgan fingerprint density at radius 2 is 1.77 bits per heavy atom. The van der Waals surface area contributed by atoms with Crippen LogP contribution in [0, 0.1) is 23.7 Å². The summed E-state index contributed by atoms with van der Waals surface area (Å²) in [7, 11) is -4.32. The van der Waals surface area contributed by atoms with E-state index < -0.39 is 22.7 Å². The highest BCUT2D eigenvalue weighted by molar-refractivity contribution is 7.18. The van der Waals surface area contributed by atoms with E-state index in [0.717, 1.165) is 31.2 Å². The van der Waals surface area contributed by atoms with Gasteiger partial charge in [0, 0.05) is 36.2 Å². The number of nitrogens with one attached hydrogen (secondary N) is 1. The molecule has 0 spiro atoms. The number of carbonyl (C=O) groups excluding carboxylic acids is 1. The third-order valence-corrected chi connectivity index (χ3v) is 22.6. The summed E-state index contributed by atoms with van der Waals surface area (Å²) in [5, 5.41) is 13.9. The van der Waals surface area contributed by atoms with Crippen molar-refractivity contribution in [2.45, 2.75) is 141 Å². The second kappa shape index (κ2) is 15.1. The molecule has 2 aromatic heterocycles. The molecule has 0 aromatic carbocycles. The monoisotopic (exact) mass is 717 g/mol. The van der Waals surface area contributed by atoms with E-state index in [4.69, 9.17) is 20.5 Å². The van der Waals surface area contributed by atoms with Crippen LogP contribution in [0.5, 0.6) is 0 Å². The summed E-state index contributed by atoms with van der Waals surface area (Å²) in [6.07, 6.45) is 6.21. The predicted molar refractivity (Wildman–Crippen MR) is 199 cm³/mol. The van der Waals surface area contributed by atoms with Crippen LogP contribution in [-0.4, -0.2) is 56.2 Å². The van der Waals surface area contributed by atoms with Crippen LogP contribution in [0.2, 0.25) is 39.1 Å². The van der Waals surface area contributed by atoms with Crippen LogP contribution < -0.4 is 5.32 Å². The summed E-state index contributed by atoms with van der Waals surface area (Å²) in [6, 6.07) is 1.85. The van der Waals surface area contributed by atoms with Gasteiger partial charge in [0.25, 0.3) is 0 Å². The van der Waals surface area contributed by atoms with E-state index in [9.17, 15) is 9.90 Å². The lowest BCUT2D eigenvalue weighted by Crippen LogP contribution is -2.51. The molecule has 0 radical (unpaired) electrons. The number of aromatic nitrogens is 2. The molecule has 2 aliphatic carbocycles. The van der Waals surface area contributed by atoms with Crippen LogP contribution >= 0.6 is 22.9 Å². The van der Waals surface area contributed by atoms with Crippen LogP contribution in [0.15, 0.2) is 18.6 Å². The van der Waals surface area contributed by atoms with Crippen molar-refractivity contribution in [3.63, 3.8) is 0 Å². The Morgan fingerprint density at radius 1 is 1.13 bits per heavy atom. The van der Waals surface area contributed by atoms with E-state index >= 15 is 0 Å². The first kappa shape index (κ1) is 38.2. The van der Waals surface area contributed by atoms with Crippen LogP contribution in [0.4, 0.5) is 5.82 Å². The molecule has 0 saturated heterocycles. The Labute approximate surface area is 294 Å². The smallest absolute Gasteiger partial charge is 0.208 e. The fourth-order valence-corrected chi connectivity index (χ4v) is 14.9. The fraction of sp³-hybridized carbons (Fsp3) is 0.694. The van der Waals surface area contributed by atoms with Crippen molar-refractivity contribution in [1.29, 1.82) is 0 Å². The zero-order chi connectivity index (χ0) is 34.9. The van der Waals surface area contributed by atoms with Gasteiger partial charge in [-0.2, -0.15) is 0 Å². The van der Waals surface area contributed by atoms with Crippen molar-refractivity contribution in [3.05, 3.63) is 38.9 Å². The lowest BCUT2D eigenvalue weighted by molar-refractivity contribution is 0.0941. The Hall–Kier alpha value is -1.59. The standard InChI is InChI=1S/C36H56ClN3O4SSi2/c1-22(2)47(23(3)4,24(5)6)44-31-17-27(16-26(31)20-41)40-35-29(19-38-21-39-35)33(42)32-18-28(34(37)45-32)30(15-14-25-12-13-25)43-46(10,11)36(7,8)9/h18-19,21-27,30-31,41H,12-13,16-17,20H2,1-11H3,(H,38,39,40)/t26-,27-,30-,31+/m1/s1.